The third-order valence-electron chi connectivity index (χ3n) is 3.16. The van der Waals surface area contributed by atoms with E-state index in [1.807, 2.05) is 37.3 Å². The maximum Gasteiger partial charge on any atom is 0.240 e. The molecule has 0 radical (unpaired) electrons. The Balaban J connectivity index is 1.94. The van der Waals surface area contributed by atoms with Crippen molar-refractivity contribution < 1.29 is 8.42 Å². The van der Waals surface area contributed by atoms with E-state index in [-0.39, 0.29) is 4.90 Å². The van der Waals surface area contributed by atoms with Crippen molar-refractivity contribution in [1.29, 1.82) is 0 Å². The zero-order valence-electron chi connectivity index (χ0n) is 12.6. The first-order chi connectivity index (χ1) is 10.9. The summed E-state index contributed by atoms with van der Waals surface area (Å²) in [5, 5.41) is 0. The highest BCUT2D eigenvalue weighted by molar-refractivity contribution is 9.11. The molecule has 0 aliphatic heterocycles. The SMILES string of the molecule is Cc1ccc(S(=O)(=O)NCC/C(Br)=C\c2cccc(Br)c2)cc1. The molecule has 0 aliphatic carbocycles. The van der Waals surface area contributed by atoms with Crippen LogP contribution in [0.5, 0.6) is 0 Å². The van der Waals surface area contributed by atoms with E-state index in [1.165, 1.54) is 0 Å². The number of hydrogen-bond donors (Lipinski definition) is 1. The van der Waals surface area contributed by atoms with Gasteiger partial charge in [0, 0.05) is 11.0 Å². The largest absolute Gasteiger partial charge is 0.240 e. The number of sulfonamides is 1. The van der Waals surface area contributed by atoms with E-state index in [0.717, 1.165) is 20.1 Å². The minimum absolute atomic E-state index is 0.287. The molecule has 2 aromatic rings. The van der Waals surface area contributed by atoms with Crippen LogP contribution in [0.4, 0.5) is 0 Å². The van der Waals surface area contributed by atoms with Crippen molar-refractivity contribution in [2.75, 3.05) is 6.54 Å². The molecule has 0 aliphatic rings. The molecule has 6 heteroatoms. The lowest BCUT2D eigenvalue weighted by Gasteiger charge is -2.07. The van der Waals surface area contributed by atoms with Crippen LogP contribution in [-0.2, 0) is 10.0 Å². The van der Waals surface area contributed by atoms with Crippen molar-refractivity contribution in [3.8, 4) is 0 Å². The van der Waals surface area contributed by atoms with Crippen LogP contribution in [0.15, 0.2) is 62.4 Å². The average molecular weight is 459 g/mol. The van der Waals surface area contributed by atoms with Gasteiger partial charge < -0.3 is 0 Å². The lowest BCUT2D eigenvalue weighted by atomic mass is 10.2. The zero-order chi connectivity index (χ0) is 16.9. The number of benzene rings is 2. The second kappa shape index (κ2) is 8.24. The average Bonchev–Trinajstić information content (AvgIpc) is 2.47. The molecule has 0 saturated carbocycles. The van der Waals surface area contributed by atoms with Crippen LogP contribution in [-0.4, -0.2) is 15.0 Å². The fourth-order valence-corrected chi connectivity index (χ4v) is 3.87. The van der Waals surface area contributed by atoms with Crippen LogP contribution in [0.25, 0.3) is 6.08 Å². The topological polar surface area (TPSA) is 46.2 Å². The number of nitrogens with one attached hydrogen (secondary N) is 1. The Morgan fingerprint density at radius 1 is 1.17 bits per heavy atom. The first-order valence-electron chi connectivity index (χ1n) is 7.05. The van der Waals surface area contributed by atoms with E-state index in [0.29, 0.717) is 13.0 Å². The zero-order valence-corrected chi connectivity index (χ0v) is 16.6. The van der Waals surface area contributed by atoms with E-state index in [1.54, 1.807) is 24.3 Å². The summed E-state index contributed by atoms with van der Waals surface area (Å²) in [6.07, 6.45) is 2.56. The van der Waals surface area contributed by atoms with Crippen LogP contribution in [0.1, 0.15) is 17.5 Å². The molecule has 0 heterocycles. The fourth-order valence-electron chi connectivity index (χ4n) is 1.95. The maximum atomic E-state index is 12.2. The first-order valence-corrected chi connectivity index (χ1v) is 10.1. The van der Waals surface area contributed by atoms with Gasteiger partial charge in [0.25, 0.3) is 0 Å². The molecule has 0 fully saturated rings. The molecule has 0 spiro atoms. The summed E-state index contributed by atoms with van der Waals surface area (Å²) in [6, 6.07) is 14.7. The predicted molar refractivity (Wildman–Crippen MR) is 102 cm³/mol. The molecule has 0 amide bonds. The maximum absolute atomic E-state index is 12.2. The minimum Gasteiger partial charge on any atom is -0.211 e. The van der Waals surface area contributed by atoms with E-state index in [9.17, 15) is 8.42 Å². The van der Waals surface area contributed by atoms with Gasteiger partial charge >= 0.3 is 0 Å². The standard InChI is InChI=1S/C17H17Br2NO2S/c1-13-5-7-17(8-6-13)23(21,22)20-10-9-16(19)12-14-3-2-4-15(18)11-14/h2-8,11-12,20H,9-10H2,1H3/b16-12+. The van der Waals surface area contributed by atoms with E-state index < -0.39 is 10.0 Å². The molecule has 0 saturated heterocycles. The Morgan fingerprint density at radius 2 is 1.87 bits per heavy atom. The Morgan fingerprint density at radius 3 is 2.52 bits per heavy atom. The summed E-state index contributed by atoms with van der Waals surface area (Å²) in [5.74, 6) is 0. The molecule has 0 bridgehead atoms. The Labute approximate surface area is 154 Å². The Bertz CT molecular complexity index is 800. The van der Waals surface area contributed by atoms with Crippen molar-refractivity contribution >= 4 is 48.0 Å². The number of hydrogen-bond acceptors (Lipinski definition) is 2. The second-order valence-electron chi connectivity index (χ2n) is 5.11. The fraction of sp³-hybridized carbons (Fsp3) is 0.176. The molecule has 122 valence electrons. The highest BCUT2D eigenvalue weighted by Crippen LogP contribution is 2.19. The summed E-state index contributed by atoms with van der Waals surface area (Å²) < 4.78 is 28.9. The second-order valence-corrected chi connectivity index (χ2v) is 8.81. The molecule has 0 aromatic heterocycles. The van der Waals surface area contributed by atoms with E-state index in [4.69, 9.17) is 0 Å². The third-order valence-corrected chi connectivity index (χ3v) is 5.75. The molecular weight excluding hydrogens is 442 g/mol. The van der Waals surface area contributed by atoms with Crippen LogP contribution in [0.2, 0.25) is 0 Å². The van der Waals surface area contributed by atoms with Crippen LogP contribution >= 0.6 is 31.9 Å². The predicted octanol–water partition coefficient (Wildman–Crippen LogP) is 4.86. The molecule has 2 rings (SSSR count). The summed E-state index contributed by atoms with van der Waals surface area (Å²) in [6.45, 7) is 2.26. The van der Waals surface area contributed by atoms with Gasteiger partial charge in [0.1, 0.15) is 0 Å². The highest BCUT2D eigenvalue weighted by atomic mass is 79.9. The van der Waals surface area contributed by atoms with Crippen molar-refractivity contribution in [2.24, 2.45) is 0 Å². The van der Waals surface area contributed by atoms with Gasteiger partial charge in [-0.3, -0.25) is 0 Å². The Hall–Kier alpha value is -0.950. The lowest BCUT2D eigenvalue weighted by molar-refractivity contribution is 0.582. The van der Waals surface area contributed by atoms with Gasteiger partial charge in [0.05, 0.1) is 4.90 Å². The van der Waals surface area contributed by atoms with Gasteiger partial charge in [-0.05, 0) is 53.7 Å². The van der Waals surface area contributed by atoms with Gasteiger partial charge in [-0.15, -0.1) is 0 Å². The van der Waals surface area contributed by atoms with Crippen molar-refractivity contribution in [3.05, 3.63) is 68.6 Å². The van der Waals surface area contributed by atoms with Gasteiger partial charge in [-0.1, -0.05) is 61.7 Å². The van der Waals surface area contributed by atoms with Crippen molar-refractivity contribution in [1.82, 2.24) is 4.72 Å². The lowest BCUT2D eigenvalue weighted by Crippen LogP contribution is -2.24. The molecule has 3 nitrogen and oxygen atoms in total. The van der Waals surface area contributed by atoms with E-state index >= 15 is 0 Å². The molecular formula is C17H17Br2NO2S. The van der Waals surface area contributed by atoms with Crippen molar-refractivity contribution in [3.63, 3.8) is 0 Å². The van der Waals surface area contributed by atoms with Crippen LogP contribution in [0.3, 0.4) is 0 Å². The van der Waals surface area contributed by atoms with Gasteiger partial charge in [0.2, 0.25) is 10.0 Å². The van der Waals surface area contributed by atoms with Crippen molar-refractivity contribution in [2.45, 2.75) is 18.2 Å². The highest BCUT2D eigenvalue weighted by Gasteiger charge is 2.12. The summed E-state index contributed by atoms with van der Waals surface area (Å²) >= 11 is 6.91. The number of rotatable bonds is 6. The molecule has 0 atom stereocenters. The Kier molecular flexibility index (Phi) is 6.59. The molecule has 0 unspecified atom stereocenters. The van der Waals surface area contributed by atoms with Gasteiger partial charge in [0.15, 0.2) is 0 Å². The normalized spacial score (nSPS) is 12.4. The number of halogens is 2. The summed E-state index contributed by atoms with van der Waals surface area (Å²) in [7, 11) is -3.46. The molecule has 23 heavy (non-hydrogen) atoms. The molecule has 1 N–H and O–H groups in total. The van der Waals surface area contributed by atoms with E-state index in [2.05, 4.69) is 36.6 Å². The van der Waals surface area contributed by atoms with Gasteiger partial charge in [-0.2, -0.15) is 0 Å². The summed E-state index contributed by atoms with van der Waals surface area (Å²) in [4.78, 5) is 0.287. The third kappa shape index (κ3) is 5.88. The van der Waals surface area contributed by atoms with Crippen LogP contribution in [0, 0.1) is 6.92 Å². The van der Waals surface area contributed by atoms with Crippen LogP contribution < -0.4 is 4.72 Å². The number of aryl methyl sites for hydroxylation is 1. The summed E-state index contributed by atoms with van der Waals surface area (Å²) in [5.41, 5.74) is 2.08. The smallest absolute Gasteiger partial charge is 0.211 e. The molecule has 2 aromatic carbocycles. The minimum atomic E-state index is -3.46. The quantitative estimate of drug-likeness (QED) is 0.671. The monoisotopic (exact) mass is 457 g/mol. The first kappa shape index (κ1) is 18.4. The van der Waals surface area contributed by atoms with Gasteiger partial charge in [-0.25, -0.2) is 13.1 Å².